The fraction of sp³-hybridized carbons (Fsp3) is 0.300. The molecule has 1 heterocycles. The van der Waals surface area contributed by atoms with E-state index in [1.54, 1.807) is 0 Å². The molecule has 3 heteroatoms. The van der Waals surface area contributed by atoms with E-state index in [1.807, 2.05) is 42.6 Å². The number of hydrogen-bond donors (Lipinski definition) is 0. The maximum atomic E-state index is 6.03. The van der Waals surface area contributed by atoms with E-state index >= 15 is 0 Å². The third kappa shape index (κ3) is 4.59. The van der Waals surface area contributed by atoms with Gasteiger partial charge < -0.3 is 9.64 Å². The molecule has 0 bridgehead atoms. The smallest absolute Gasteiger partial charge is 0.127 e. The molecule has 1 aliphatic heterocycles. The van der Waals surface area contributed by atoms with Crippen LogP contribution in [0.15, 0.2) is 89.6 Å². The summed E-state index contributed by atoms with van der Waals surface area (Å²) in [4.78, 5) is 6.90. The molecule has 0 aromatic heterocycles. The van der Waals surface area contributed by atoms with Crippen molar-refractivity contribution in [1.29, 1.82) is 0 Å². The predicted octanol–water partition coefficient (Wildman–Crippen LogP) is 8.18. The minimum absolute atomic E-state index is 0.0447. The van der Waals surface area contributed by atoms with Gasteiger partial charge in [-0.2, -0.15) is 0 Å². The minimum atomic E-state index is -0.0447. The molecule has 3 aromatic rings. The summed E-state index contributed by atoms with van der Waals surface area (Å²) in [6.07, 6.45) is 5.11. The number of allylic oxidation sites excluding steroid dienone is 2. The van der Waals surface area contributed by atoms with Crippen LogP contribution in [0.5, 0.6) is 11.5 Å². The number of ether oxygens (including phenoxy) is 1. The van der Waals surface area contributed by atoms with Crippen molar-refractivity contribution in [3.63, 3.8) is 0 Å². The number of hydrogen-bond acceptors (Lipinski definition) is 3. The van der Waals surface area contributed by atoms with E-state index in [0.29, 0.717) is 0 Å². The van der Waals surface area contributed by atoms with E-state index in [2.05, 4.69) is 94.0 Å². The van der Waals surface area contributed by atoms with Crippen molar-refractivity contribution in [2.24, 2.45) is 4.99 Å². The van der Waals surface area contributed by atoms with E-state index in [-0.39, 0.29) is 10.8 Å². The van der Waals surface area contributed by atoms with Crippen molar-refractivity contribution in [3.05, 3.63) is 95.7 Å². The lowest BCUT2D eigenvalue weighted by Gasteiger charge is -2.23. The molecule has 0 spiro atoms. The second-order valence-electron chi connectivity index (χ2n) is 9.89. The van der Waals surface area contributed by atoms with Crippen LogP contribution in [0.25, 0.3) is 0 Å². The van der Waals surface area contributed by atoms with Crippen LogP contribution < -0.4 is 9.64 Å². The molecule has 0 N–H and O–H groups in total. The van der Waals surface area contributed by atoms with Gasteiger partial charge in [-0.25, -0.2) is 0 Å². The summed E-state index contributed by atoms with van der Waals surface area (Å²) in [5.74, 6) is 1.65. The van der Waals surface area contributed by atoms with Gasteiger partial charge in [0, 0.05) is 30.1 Å². The standard InChI is InChI=1S/C30H34N2O/c1-7-29(2,3)22-12-16-24(17-13-22)33-25-18-14-23(15-19-25)31-21-20-28-30(4,5)26-10-8-9-11-27(26)32(28)6/h8-21H,7H2,1-6H3/b28-20+,31-21?. The van der Waals surface area contributed by atoms with Gasteiger partial charge in [0.2, 0.25) is 0 Å². The fourth-order valence-corrected chi connectivity index (χ4v) is 4.41. The maximum Gasteiger partial charge on any atom is 0.127 e. The molecule has 3 aromatic carbocycles. The SMILES string of the molecule is CCC(C)(C)c1ccc(Oc2ccc(N=C/C=C3/N(C)c4ccccc4C3(C)C)cc2)cc1. The van der Waals surface area contributed by atoms with Gasteiger partial charge in [-0.3, -0.25) is 4.99 Å². The Bertz CT molecular complexity index is 1170. The highest BCUT2D eigenvalue weighted by Gasteiger charge is 2.37. The zero-order valence-electron chi connectivity index (χ0n) is 20.6. The lowest BCUT2D eigenvalue weighted by molar-refractivity contribution is 0.478. The van der Waals surface area contributed by atoms with Crippen LogP contribution in [0.2, 0.25) is 0 Å². The Hall–Kier alpha value is -3.33. The number of benzene rings is 3. The summed E-state index contributed by atoms with van der Waals surface area (Å²) in [5, 5.41) is 0. The Morgan fingerprint density at radius 1 is 0.909 bits per heavy atom. The Balaban J connectivity index is 1.43. The van der Waals surface area contributed by atoms with Gasteiger partial charge in [-0.15, -0.1) is 0 Å². The molecule has 0 saturated heterocycles. The monoisotopic (exact) mass is 438 g/mol. The van der Waals surface area contributed by atoms with Gasteiger partial charge in [0.25, 0.3) is 0 Å². The molecule has 0 unspecified atom stereocenters. The zero-order valence-corrected chi connectivity index (χ0v) is 20.6. The lowest BCUT2D eigenvalue weighted by atomic mass is 9.82. The van der Waals surface area contributed by atoms with Crippen molar-refractivity contribution in [2.45, 2.75) is 51.9 Å². The molecule has 0 saturated carbocycles. The summed E-state index contributed by atoms with van der Waals surface area (Å²) in [5.41, 5.74) is 6.21. The summed E-state index contributed by atoms with van der Waals surface area (Å²) in [6, 6.07) is 24.9. The highest BCUT2D eigenvalue weighted by Crippen LogP contribution is 2.46. The normalized spacial score (nSPS) is 16.4. The fourth-order valence-electron chi connectivity index (χ4n) is 4.41. The van der Waals surface area contributed by atoms with Gasteiger partial charge in [0.1, 0.15) is 11.5 Å². The van der Waals surface area contributed by atoms with E-state index in [1.165, 1.54) is 22.5 Å². The van der Waals surface area contributed by atoms with Crippen molar-refractivity contribution < 1.29 is 4.74 Å². The third-order valence-electron chi connectivity index (χ3n) is 6.99. The molecule has 0 fully saturated rings. The maximum absolute atomic E-state index is 6.03. The van der Waals surface area contributed by atoms with Crippen LogP contribution in [0.1, 0.15) is 52.2 Å². The first-order valence-electron chi connectivity index (χ1n) is 11.7. The molecule has 170 valence electrons. The van der Waals surface area contributed by atoms with Crippen LogP contribution in [0.4, 0.5) is 11.4 Å². The number of fused-ring (bicyclic) bond motifs is 1. The van der Waals surface area contributed by atoms with Crippen LogP contribution in [0, 0.1) is 0 Å². The molecule has 1 aliphatic rings. The molecular formula is C30H34N2O. The van der Waals surface area contributed by atoms with Crippen LogP contribution in [-0.4, -0.2) is 13.3 Å². The quantitative estimate of drug-likeness (QED) is 0.362. The van der Waals surface area contributed by atoms with Gasteiger partial charge in [0.15, 0.2) is 0 Å². The van der Waals surface area contributed by atoms with Gasteiger partial charge >= 0.3 is 0 Å². The van der Waals surface area contributed by atoms with E-state index < -0.39 is 0 Å². The average molecular weight is 439 g/mol. The van der Waals surface area contributed by atoms with Crippen LogP contribution >= 0.6 is 0 Å². The van der Waals surface area contributed by atoms with Crippen molar-refractivity contribution in [3.8, 4) is 11.5 Å². The first-order chi connectivity index (χ1) is 15.7. The molecule has 4 rings (SSSR count). The van der Waals surface area contributed by atoms with Gasteiger partial charge in [-0.05, 0) is 71.5 Å². The topological polar surface area (TPSA) is 24.8 Å². The van der Waals surface area contributed by atoms with Crippen molar-refractivity contribution in [2.75, 3.05) is 11.9 Å². The van der Waals surface area contributed by atoms with Crippen molar-refractivity contribution in [1.82, 2.24) is 0 Å². The number of rotatable bonds is 6. The Labute approximate surface area is 198 Å². The Morgan fingerprint density at radius 2 is 1.52 bits per heavy atom. The summed E-state index contributed by atoms with van der Waals surface area (Å²) < 4.78 is 6.03. The lowest BCUT2D eigenvalue weighted by Crippen LogP contribution is -2.22. The zero-order chi connectivity index (χ0) is 23.6. The summed E-state index contributed by atoms with van der Waals surface area (Å²) in [7, 11) is 2.12. The largest absolute Gasteiger partial charge is 0.457 e. The Kier molecular flexibility index (Phi) is 6.16. The number of nitrogens with zero attached hydrogens (tertiary/aromatic N) is 2. The number of aliphatic imine (C=N–C) groups is 1. The molecule has 0 aliphatic carbocycles. The minimum Gasteiger partial charge on any atom is -0.457 e. The van der Waals surface area contributed by atoms with Gasteiger partial charge in [-0.1, -0.05) is 65.0 Å². The highest BCUT2D eigenvalue weighted by molar-refractivity contribution is 5.80. The first-order valence-corrected chi connectivity index (χ1v) is 11.7. The second-order valence-corrected chi connectivity index (χ2v) is 9.89. The van der Waals surface area contributed by atoms with Crippen LogP contribution in [-0.2, 0) is 10.8 Å². The van der Waals surface area contributed by atoms with E-state index in [4.69, 9.17) is 4.74 Å². The van der Waals surface area contributed by atoms with Crippen LogP contribution in [0.3, 0.4) is 0 Å². The molecule has 0 amide bonds. The number of likely N-dealkylation sites (N-methyl/N-ethyl adjacent to an activating group) is 1. The van der Waals surface area contributed by atoms with E-state index in [9.17, 15) is 0 Å². The summed E-state index contributed by atoms with van der Waals surface area (Å²) >= 11 is 0. The second kappa shape index (κ2) is 8.90. The molecule has 0 radical (unpaired) electrons. The Morgan fingerprint density at radius 3 is 2.12 bits per heavy atom. The number of anilines is 1. The molecule has 33 heavy (non-hydrogen) atoms. The third-order valence-corrected chi connectivity index (χ3v) is 6.99. The van der Waals surface area contributed by atoms with Gasteiger partial charge in [0.05, 0.1) is 5.69 Å². The molecule has 0 atom stereocenters. The molecule has 3 nitrogen and oxygen atoms in total. The highest BCUT2D eigenvalue weighted by atomic mass is 16.5. The van der Waals surface area contributed by atoms with E-state index in [0.717, 1.165) is 23.6 Å². The first kappa shape index (κ1) is 22.8. The predicted molar refractivity (Wildman–Crippen MR) is 140 cm³/mol. The average Bonchev–Trinajstić information content (AvgIpc) is 3.01. The molecular weight excluding hydrogens is 404 g/mol. The van der Waals surface area contributed by atoms with Crippen molar-refractivity contribution >= 4 is 17.6 Å². The summed E-state index contributed by atoms with van der Waals surface area (Å²) in [6.45, 7) is 11.3. The number of para-hydroxylation sites is 1.